The molecule has 0 radical (unpaired) electrons. The van der Waals surface area contributed by atoms with E-state index in [-0.39, 0.29) is 11.6 Å². The Labute approximate surface area is 153 Å². The van der Waals surface area contributed by atoms with Crippen LogP contribution in [0.4, 0.5) is 0 Å². The van der Waals surface area contributed by atoms with Crippen molar-refractivity contribution in [3.63, 3.8) is 0 Å². The van der Waals surface area contributed by atoms with Crippen molar-refractivity contribution in [3.05, 3.63) is 41.5 Å². The molecule has 26 heavy (non-hydrogen) atoms. The third-order valence-electron chi connectivity index (χ3n) is 5.48. The Balaban J connectivity index is 2.16. The molecule has 1 aromatic rings. The van der Waals surface area contributed by atoms with E-state index in [0.29, 0.717) is 6.61 Å². The van der Waals surface area contributed by atoms with Crippen molar-refractivity contribution in [3.8, 4) is 24.0 Å². The molecule has 0 saturated heterocycles. The van der Waals surface area contributed by atoms with Gasteiger partial charge in [-0.3, -0.25) is 0 Å². The zero-order valence-corrected chi connectivity index (χ0v) is 14.7. The van der Waals surface area contributed by atoms with E-state index in [4.69, 9.17) is 10.1 Å². The Kier molecular flexibility index (Phi) is 4.79. The zero-order chi connectivity index (χ0) is 18.7. The largest absolute Gasteiger partial charge is 0.494 e. The summed E-state index contributed by atoms with van der Waals surface area (Å²) in [6.07, 6.45) is 4.69. The van der Waals surface area contributed by atoms with E-state index in [1.807, 2.05) is 37.3 Å². The van der Waals surface area contributed by atoms with Crippen LogP contribution >= 0.6 is 0 Å². The van der Waals surface area contributed by atoms with Gasteiger partial charge in [0.25, 0.3) is 0 Å². The number of ether oxygens (including phenoxy) is 1. The van der Waals surface area contributed by atoms with Crippen LogP contribution in [0, 0.1) is 56.7 Å². The average Bonchev–Trinajstić information content (AvgIpc) is 2.68. The van der Waals surface area contributed by atoms with Crippen LogP contribution < -0.4 is 4.74 Å². The average molecular weight is 344 g/mol. The van der Waals surface area contributed by atoms with Crippen LogP contribution in [0.5, 0.6) is 5.75 Å². The van der Waals surface area contributed by atoms with Crippen molar-refractivity contribution in [1.82, 2.24) is 0 Å². The van der Waals surface area contributed by atoms with Crippen LogP contribution in [0.15, 0.2) is 35.9 Å². The molecule has 2 aliphatic carbocycles. The Morgan fingerprint density at radius 1 is 1.19 bits per heavy atom. The van der Waals surface area contributed by atoms with Crippen molar-refractivity contribution in [1.29, 1.82) is 21.2 Å². The molecular weight excluding hydrogens is 324 g/mol. The summed E-state index contributed by atoms with van der Waals surface area (Å²) in [6.45, 7) is 2.47. The molecule has 5 heteroatoms. The van der Waals surface area contributed by atoms with Crippen LogP contribution in [-0.4, -0.2) is 12.3 Å². The quantitative estimate of drug-likeness (QED) is 0.833. The number of nitriles is 3. The molecule has 1 fully saturated rings. The molecule has 0 spiro atoms. The summed E-state index contributed by atoms with van der Waals surface area (Å²) in [5, 5.41) is 38.0. The summed E-state index contributed by atoms with van der Waals surface area (Å²) in [4.78, 5) is 0. The first-order chi connectivity index (χ1) is 12.6. The third-order valence-corrected chi connectivity index (χ3v) is 5.48. The van der Waals surface area contributed by atoms with Gasteiger partial charge < -0.3 is 10.1 Å². The minimum atomic E-state index is -1.62. The summed E-state index contributed by atoms with van der Waals surface area (Å²) < 4.78 is 5.49. The van der Waals surface area contributed by atoms with Gasteiger partial charge in [0.2, 0.25) is 0 Å². The van der Waals surface area contributed by atoms with Crippen LogP contribution in [0.25, 0.3) is 0 Å². The van der Waals surface area contributed by atoms with Crippen LogP contribution in [0.2, 0.25) is 0 Å². The number of hydrogen-bond acceptors (Lipinski definition) is 5. The van der Waals surface area contributed by atoms with Crippen molar-refractivity contribution < 1.29 is 4.74 Å². The first-order valence-corrected chi connectivity index (χ1v) is 8.86. The fourth-order valence-electron chi connectivity index (χ4n) is 4.32. The minimum absolute atomic E-state index is 0.0697. The van der Waals surface area contributed by atoms with Crippen LogP contribution in [0.3, 0.4) is 0 Å². The lowest BCUT2D eigenvalue weighted by molar-refractivity contribution is 0.318. The first-order valence-electron chi connectivity index (χ1n) is 8.86. The Bertz CT molecular complexity index is 849. The van der Waals surface area contributed by atoms with Gasteiger partial charge in [0.1, 0.15) is 11.7 Å². The molecule has 0 aromatic heterocycles. The number of nitrogens with one attached hydrogen (secondary N) is 1. The molecular formula is C21H20N4O. The van der Waals surface area contributed by atoms with Gasteiger partial charge in [0.15, 0.2) is 5.41 Å². The van der Waals surface area contributed by atoms with E-state index < -0.39 is 17.3 Å². The second-order valence-electron chi connectivity index (χ2n) is 6.73. The van der Waals surface area contributed by atoms with E-state index in [0.717, 1.165) is 36.1 Å². The standard InChI is InChI=1S/C21H20N4O/c1-2-26-15-9-7-14(8-10-15)19-17-6-4-3-5-16(17)18(11-22)20(25)21(19,12-23)13-24/h5,7-10,17-19,25H,2-4,6H2,1H3/t17-,18-,19-/m0/s1. The molecule has 5 nitrogen and oxygen atoms in total. The number of allylic oxidation sites excluding steroid dienone is 2. The van der Waals surface area contributed by atoms with Crippen molar-refractivity contribution >= 4 is 5.71 Å². The van der Waals surface area contributed by atoms with Gasteiger partial charge in [-0.1, -0.05) is 18.2 Å². The molecule has 0 heterocycles. The van der Waals surface area contributed by atoms with E-state index in [2.05, 4.69) is 18.2 Å². The Hall–Kier alpha value is -3.10. The first kappa shape index (κ1) is 17.7. The SMILES string of the molecule is CCOc1ccc([C@H]2[C@H]3CCCC=C3[C@H](C#N)C(=N)C2(C#N)C#N)cc1. The molecule has 0 unspecified atom stereocenters. The zero-order valence-electron chi connectivity index (χ0n) is 14.7. The van der Waals surface area contributed by atoms with Gasteiger partial charge in [-0.15, -0.1) is 0 Å². The van der Waals surface area contributed by atoms with Gasteiger partial charge in [-0.25, -0.2) is 0 Å². The fraction of sp³-hybridized carbons (Fsp3) is 0.429. The molecule has 0 aliphatic heterocycles. The number of rotatable bonds is 3. The maximum absolute atomic E-state index is 9.92. The van der Waals surface area contributed by atoms with Crippen molar-refractivity contribution in [2.24, 2.45) is 17.3 Å². The number of nitrogens with zero attached hydrogens (tertiary/aromatic N) is 3. The van der Waals surface area contributed by atoms with E-state index in [9.17, 15) is 15.8 Å². The van der Waals surface area contributed by atoms with Crippen molar-refractivity contribution in [2.45, 2.75) is 32.1 Å². The lowest BCUT2D eigenvalue weighted by atomic mass is 9.53. The second-order valence-corrected chi connectivity index (χ2v) is 6.73. The van der Waals surface area contributed by atoms with Gasteiger partial charge in [-0.2, -0.15) is 15.8 Å². The van der Waals surface area contributed by atoms with Crippen molar-refractivity contribution in [2.75, 3.05) is 6.61 Å². The summed E-state index contributed by atoms with van der Waals surface area (Å²) in [5.74, 6) is -0.564. The lowest BCUT2D eigenvalue weighted by Gasteiger charge is -2.45. The maximum atomic E-state index is 9.92. The second kappa shape index (κ2) is 7.03. The summed E-state index contributed by atoms with van der Waals surface area (Å²) >= 11 is 0. The predicted octanol–water partition coefficient (Wildman–Crippen LogP) is 4.10. The normalized spacial score (nSPS) is 26.5. The molecule has 3 rings (SSSR count). The highest BCUT2D eigenvalue weighted by Gasteiger charge is 2.57. The molecule has 1 aromatic carbocycles. The molecule has 0 bridgehead atoms. The molecule has 1 saturated carbocycles. The Morgan fingerprint density at radius 3 is 2.46 bits per heavy atom. The van der Waals surface area contributed by atoms with E-state index >= 15 is 0 Å². The highest BCUT2D eigenvalue weighted by Crippen LogP contribution is 2.55. The van der Waals surface area contributed by atoms with Gasteiger partial charge in [-0.05, 0) is 55.4 Å². The van der Waals surface area contributed by atoms with Gasteiger partial charge >= 0.3 is 0 Å². The minimum Gasteiger partial charge on any atom is -0.494 e. The van der Waals surface area contributed by atoms with E-state index in [1.54, 1.807) is 0 Å². The topological polar surface area (TPSA) is 104 Å². The Morgan fingerprint density at radius 2 is 1.88 bits per heavy atom. The molecule has 130 valence electrons. The highest BCUT2D eigenvalue weighted by molar-refractivity contribution is 6.00. The molecule has 1 N–H and O–H groups in total. The number of fused-ring (bicyclic) bond motifs is 1. The van der Waals surface area contributed by atoms with Crippen LogP contribution in [-0.2, 0) is 0 Å². The predicted molar refractivity (Wildman–Crippen MR) is 96.3 cm³/mol. The smallest absolute Gasteiger partial charge is 0.189 e. The van der Waals surface area contributed by atoms with Gasteiger partial charge in [0.05, 0.1) is 30.5 Å². The maximum Gasteiger partial charge on any atom is 0.189 e. The fourth-order valence-corrected chi connectivity index (χ4v) is 4.32. The number of hydrogen-bond donors (Lipinski definition) is 1. The number of benzene rings is 1. The van der Waals surface area contributed by atoms with Gasteiger partial charge in [0, 0.05) is 5.92 Å². The summed E-state index contributed by atoms with van der Waals surface area (Å²) in [6, 6.07) is 13.8. The molecule has 2 aliphatic rings. The van der Waals surface area contributed by atoms with E-state index in [1.165, 1.54) is 0 Å². The lowest BCUT2D eigenvalue weighted by Crippen LogP contribution is -2.48. The summed E-state index contributed by atoms with van der Waals surface area (Å²) in [7, 11) is 0. The monoisotopic (exact) mass is 344 g/mol. The highest BCUT2D eigenvalue weighted by atomic mass is 16.5. The van der Waals surface area contributed by atoms with Crippen LogP contribution in [0.1, 0.15) is 37.7 Å². The summed E-state index contributed by atoms with van der Waals surface area (Å²) in [5.41, 5.74) is 0.0416. The third kappa shape index (κ3) is 2.56. The molecule has 3 atom stereocenters. The molecule has 0 amide bonds.